The lowest BCUT2D eigenvalue weighted by Gasteiger charge is -2.01. The summed E-state index contributed by atoms with van der Waals surface area (Å²) in [6.45, 7) is -2.60. The zero-order valence-corrected chi connectivity index (χ0v) is 8.38. The summed E-state index contributed by atoms with van der Waals surface area (Å²) in [5, 5.41) is 0.0527. The first-order valence-electron chi connectivity index (χ1n) is 5.17. The van der Waals surface area contributed by atoms with E-state index in [4.69, 9.17) is 4.11 Å². The number of benzene rings is 1. The van der Waals surface area contributed by atoms with E-state index in [2.05, 4.69) is 20.9 Å². The van der Waals surface area contributed by atoms with Gasteiger partial charge < -0.3 is 4.57 Å². The molecule has 0 amide bonds. The number of rotatable bonds is 0. The molecule has 0 radical (unpaired) electrons. The molecule has 2 rings (SSSR count). The molecule has 1 aromatic carbocycles. The van der Waals surface area contributed by atoms with Crippen molar-refractivity contribution >= 4 is 26.8 Å². The third-order valence-electron chi connectivity index (χ3n) is 1.80. The van der Waals surface area contributed by atoms with E-state index >= 15 is 0 Å². The predicted octanol–water partition coefficient (Wildman–Crippen LogP) is 1.84. The maximum absolute atomic E-state index is 13.2. The first kappa shape index (κ1) is 6.29. The number of halogens is 2. The minimum atomic E-state index is -2.60. The van der Waals surface area contributed by atoms with Crippen LogP contribution in [0.3, 0.4) is 0 Å². The van der Waals surface area contributed by atoms with E-state index in [0.717, 1.165) is 12.4 Å². The monoisotopic (exact) mass is 259 g/mol. The van der Waals surface area contributed by atoms with Crippen LogP contribution in [0, 0.1) is 5.82 Å². The summed E-state index contributed by atoms with van der Waals surface area (Å²) in [6.07, 6.45) is 0.894. The normalized spacial score (nSPS) is 14.9. The summed E-state index contributed by atoms with van der Waals surface area (Å²) in [5.74, 6) is -0.559. The van der Waals surface area contributed by atoms with Gasteiger partial charge in [-0.05, 0) is 22.0 Å². The third-order valence-corrected chi connectivity index (χ3v) is 2.41. The van der Waals surface area contributed by atoms with Gasteiger partial charge in [-0.3, -0.25) is 4.79 Å². The zero-order chi connectivity index (χ0) is 12.8. The molecule has 1 heterocycles. The van der Waals surface area contributed by atoms with Gasteiger partial charge in [0.15, 0.2) is 0 Å². The number of nitrogens with zero attached hydrogens (tertiary/aromatic N) is 2. The Morgan fingerprint density at radius 3 is 3.14 bits per heavy atom. The molecular formula is C9H6BrFN2O. The summed E-state index contributed by atoms with van der Waals surface area (Å²) >= 11 is 2.93. The lowest BCUT2D eigenvalue weighted by Crippen LogP contribution is -2.16. The summed E-state index contributed by atoms with van der Waals surface area (Å²) in [7, 11) is 0. The lowest BCUT2D eigenvalue weighted by atomic mass is 10.2. The smallest absolute Gasteiger partial charge is 0.260 e. The number of fused-ring (bicyclic) bond motifs is 1. The molecule has 0 aliphatic carbocycles. The maximum Gasteiger partial charge on any atom is 0.260 e. The highest BCUT2D eigenvalue weighted by Crippen LogP contribution is 2.19. The van der Waals surface area contributed by atoms with Gasteiger partial charge in [-0.25, -0.2) is 9.37 Å². The fourth-order valence-corrected chi connectivity index (χ4v) is 1.46. The van der Waals surface area contributed by atoms with Crippen molar-refractivity contribution in [2.75, 3.05) is 0 Å². The first-order chi connectivity index (χ1) is 7.80. The quantitative estimate of drug-likeness (QED) is 0.724. The second-order valence-electron chi connectivity index (χ2n) is 2.70. The highest BCUT2D eigenvalue weighted by atomic mass is 79.9. The van der Waals surface area contributed by atoms with Crippen LogP contribution in [0.1, 0.15) is 4.11 Å². The standard InChI is InChI=1S/C9H6BrFN2O/c1-13-4-12-8-3-7(11)6(10)2-5(8)9(13)14/h2-4H,1H3/i1D3. The minimum Gasteiger partial charge on any atom is -0.302 e. The molecule has 0 N–H and O–H groups in total. The van der Waals surface area contributed by atoms with Crippen molar-refractivity contribution in [3.8, 4) is 0 Å². The van der Waals surface area contributed by atoms with Crippen LogP contribution in [0.25, 0.3) is 10.9 Å². The van der Waals surface area contributed by atoms with E-state index in [9.17, 15) is 9.18 Å². The SMILES string of the molecule is [2H]C([2H])([2H])n1cnc2cc(F)c(Br)cc2c1=O. The zero-order valence-electron chi connectivity index (χ0n) is 9.79. The Morgan fingerprint density at radius 2 is 2.43 bits per heavy atom. The fourth-order valence-electron chi connectivity index (χ4n) is 1.12. The van der Waals surface area contributed by atoms with Gasteiger partial charge >= 0.3 is 0 Å². The van der Waals surface area contributed by atoms with E-state index in [1.54, 1.807) is 0 Å². The van der Waals surface area contributed by atoms with Crippen LogP contribution >= 0.6 is 15.9 Å². The summed E-state index contributed by atoms with van der Waals surface area (Å²) < 4.78 is 35.3. The molecule has 1 aromatic heterocycles. The summed E-state index contributed by atoms with van der Waals surface area (Å²) in [6, 6.07) is 2.30. The number of aromatic nitrogens is 2. The van der Waals surface area contributed by atoms with Gasteiger partial charge in [0.1, 0.15) is 5.82 Å². The molecule has 0 bridgehead atoms. The first-order valence-corrected chi connectivity index (χ1v) is 4.47. The third kappa shape index (κ3) is 1.33. The predicted molar refractivity (Wildman–Crippen MR) is 54.6 cm³/mol. The van der Waals surface area contributed by atoms with Crippen LogP contribution in [-0.4, -0.2) is 9.55 Å². The second-order valence-corrected chi connectivity index (χ2v) is 3.56. The van der Waals surface area contributed by atoms with Crippen LogP contribution < -0.4 is 5.56 Å². The average Bonchev–Trinajstić information content (AvgIpc) is 2.19. The Balaban J connectivity index is 2.85. The van der Waals surface area contributed by atoms with Crippen molar-refractivity contribution in [3.63, 3.8) is 0 Å². The van der Waals surface area contributed by atoms with Crippen molar-refractivity contribution in [1.29, 1.82) is 0 Å². The Morgan fingerprint density at radius 1 is 1.64 bits per heavy atom. The molecule has 3 nitrogen and oxygen atoms in total. The Bertz CT molecular complexity index is 653. The highest BCUT2D eigenvalue weighted by molar-refractivity contribution is 9.10. The van der Waals surface area contributed by atoms with Crippen LogP contribution in [0.5, 0.6) is 0 Å². The molecule has 0 saturated carbocycles. The van der Waals surface area contributed by atoms with Crippen molar-refractivity contribution in [2.24, 2.45) is 6.98 Å². The number of hydrogen-bond donors (Lipinski definition) is 0. The molecule has 14 heavy (non-hydrogen) atoms. The molecule has 0 fully saturated rings. The summed E-state index contributed by atoms with van der Waals surface area (Å²) in [5.41, 5.74) is -0.605. The number of aryl methyl sites for hydroxylation is 1. The van der Waals surface area contributed by atoms with E-state index in [-0.39, 0.29) is 15.4 Å². The number of hydrogen-bond acceptors (Lipinski definition) is 2. The largest absolute Gasteiger partial charge is 0.302 e. The molecule has 0 unspecified atom stereocenters. The summed E-state index contributed by atoms with van der Waals surface area (Å²) in [4.78, 5) is 15.6. The van der Waals surface area contributed by atoms with Crippen molar-refractivity contribution < 1.29 is 8.50 Å². The van der Waals surface area contributed by atoms with Crippen LogP contribution in [-0.2, 0) is 6.98 Å². The second kappa shape index (κ2) is 3.16. The van der Waals surface area contributed by atoms with Crippen LogP contribution in [0.2, 0.25) is 0 Å². The van der Waals surface area contributed by atoms with E-state index in [1.165, 1.54) is 6.07 Å². The average molecular weight is 260 g/mol. The van der Waals surface area contributed by atoms with Gasteiger partial charge in [0.05, 0.1) is 21.7 Å². The Kier molecular flexibility index (Phi) is 1.42. The molecule has 0 atom stereocenters. The fraction of sp³-hybridized carbons (Fsp3) is 0.111. The van der Waals surface area contributed by atoms with Crippen molar-refractivity contribution in [1.82, 2.24) is 9.55 Å². The van der Waals surface area contributed by atoms with Crippen LogP contribution in [0.4, 0.5) is 4.39 Å². The molecule has 72 valence electrons. The van der Waals surface area contributed by atoms with Gasteiger partial charge in [0.25, 0.3) is 5.56 Å². The highest BCUT2D eigenvalue weighted by Gasteiger charge is 2.06. The Labute approximate surface area is 91.5 Å². The molecule has 0 spiro atoms. The molecule has 0 aliphatic rings. The molecule has 0 saturated heterocycles. The van der Waals surface area contributed by atoms with Gasteiger partial charge in [0.2, 0.25) is 0 Å². The van der Waals surface area contributed by atoms with Gasteiger partial charge in [-0.2, -0.15) is 0 Å². The van der Waals surface area contributed by atoms with Gasteiger partial charge in [0, 0.05) is 17.2 Å². The minimum absolute atomic E-state index is 0.0527. The van der Waals surface area contributed by atoms with Crippen LogP contribution in [0.15, 0.2) is 27.7 Å². The van der Waals surface area contributed by atoms with Gasteiger partial charge in [-0.1, -0.05) is 0 Å². The molecule has 5 heteroatoms. The van der Waals surface area contributed by atoms with E-state index < -0.39 is 18.4 Å². The Hall–Kier alpha value is -1.23. The lowest BCUT2D eigenvalue weighted by molar-refractivity contribution is 0.622. The van der Waals surface area contributed by atoms with E-state index in [0.29, 0.717) is 4.57 Å². The van der Waals surface area contributed by atoms with Crippen molar-refractivity contribution in [3.05, 3.63) is 39.1 Å². The molecular weight excluding hydrogens is 251 g/mol. The molecule has 2 aromatic rings. The maximum atomic E-state index is 13.2. The van der Waals surface area contributed by atoms with Gasteiger partial charge in [-0.15, -0.1) is 0 Å². The van der Waals surface area contributed by atoms with E-state index in [1.807, 2.05) is 0 Å². The molecule has 0 aliphatic heterocycles. The van der Waals surface area contributed by atoms with Crippen molar-refractivity contribution in [2.45, 2.75) is 0 Å². The topological polar surface area (TPSA) is 34.9 Å².